The molecule has 2 aromatic rings. The lowest BCUT2D eigenvalue weighted by Gasteiger charge is -2.36. The molecule has 0 radical (unpaired) electrons. The van der Waals surface area contributed by atoms with Crippen molar-refractivity contribution in [1.29, 1.82) is 0 Å². The van der Waals surface area contributed by atoms with Gasteiger partial charge in [-0.3, -0.25) is 9.10 Å². The Kier molecular flexibility index (Phi) is 6.81. The molecule has 1 heterocycles. The third-order valence-electron chi connectivity index (χ3n) is 6.60. The summed E-state index contributed by atoms with van der Waals surface area (Å²) in [5.74, 6) is -0.324. The van der Waals surface area contributed by atoms with Crippen LogP contribution in [0.2, 0.25) is 0 Å². The first-order chi connectivity index (χ1) is 15.7. The van der Waals surface area contributed by atoms with Crippen LogP contribution in [0.15, 0.2) is 59.5 Å². The van der Waals surface area contributed by atoms with Gasteiger partial charge in [0.15, 0.2) is 9.84 Å². The maximum Gasteiger partial charge on any atom is 0.264 e. The van der Waals surface area contributed by atoms with Crippen molar-refractivity contribution in [3.63, 3.8) is 0 Å². The van der Waals surface area contributed by atoms with E-state index in [0.29, 0.717) is 12.1 Å². The van der Waals surface area contributed by atoms with Crippen molar-refractivity contribution in [1.82, 2.24) is 4.90 Å². The van der Waals surface area contributed by atoms with E-state index in [9.17, 15) is 21.6 Å². The average Bonchev–Trinajstić information content (AvgIpc) is 3.43. The molecule has 0 spiro atoms. The summed E-state index contributed by atoms with van der Waals surface area (Å²) in [5, 5.41) is 0. The predicted octanol–water partition coefficient (Wildman–Crippen LogP) is 3.15. The number of hydrogen-bond donors (Lipinski definition) is 0. The third kappa shape index (κ3) is 5.09. The molecule has 1 aliphatic carbocycles. The van der Waals surface area contributed by atoms with Gasteiger partial charge in [-0.2, -0.15) is 0 Å². The molecular weight excluding hydrogens is 460 g/mol. The minimum absolute atomic E-state index is 0.0473. The van der Waals surface area contributed by atoms with Gasteiger partial charge in [-0.05, 0) is 49.9 Å². The molecule has 178 valence electrons. The first-order valence-corrected chi connectivity index (χ1v) is 14.6. The lowest BCUT2D eigenvalue weighted by molar-refractivity contribution is -0.133. The molecule has 1 unspecified atom stereocenters. The normalized spacial score (nSPS) is 20.6. The van der Waals surface area contributed by atoms with Gasteiger partial charge in [-0.15, -0.1) is 0 Å². The van der Waals surface area contributed by atoms with Crippen LogP contribution in [-0.2, 0) is 24.7 Å². The highest BCUT2D eigenvalue weighted by molar-refractivity contribution is 7.93. The highest BCUT2D eigenvalue weighted by atomic mass is 32.2. The Bertz CT molecular complexity index is 1210. The number of aryl methyl sites for hydroxylation is 1. The van der Waals surface area contributed by atoms with Crippen LogP contribution in [0.4, 0.5) is 5.69 Å². The molecule has 2 aromatic carbocycles. The van der Waals surface area contributed by atoms with Crippen molar-refractivity contribution < 1.29 is 21.6 Å². The van der Waals surface area contributed by atoms with Crippen molar-refractivity contribution in [2.45, 2.75) is 56.0 Å². The molecule has 1 atom stereocenters. The molecule has 1 amide bonds. The number of para-hydroxylation sites is 1. The van der Waals surface area contributed by atoms with Gasteiger partial charge in [0.25, 0.3) is 10.0 Å². The maximum atomic E-state index is 13.7. The molecule has 4 rings (SSSR count). The second-order valence-corrected chi connectivity index (χ2v) is 13.0. The number of nitrogens with zero attached hydrogens (tertiary/aromatic N) is 2. The summed E-state index contributed by atoms with van der Waals surface area (Å²) >= 11 is 0. The van der Waals surface area contributed by atoms with Gasteiger partial charge < -0.3 is 4.90 Å². The summed E-state index contributed by atoms with van der Waals surface area (Å²) in [4.78, 5) is 15.5. The summed E-state index contributed by atoms with van der Waals surface area (Å²) in [7, 11) is -7.20. The average molecular weight is 491 g/mol. The van der Waals surface area contributed by atoms with Gasteiger partial charge in [0, 0.05) is 12.1 Å². The summed E-state index contributed by atoms with van der Waals surface area (Å²) in [6.07, 6.45) is 4.01. The number of benzene rings is 2. The van der Waals surface area contributed by atoms with E-state index in [0.717, 1.165) is 31.2 Å². The Morgan fingerprint density at radius 2 is 1.58 bits per heavy atom. The number of carbonyl (C=O) groups excluding carboxylic acids is 1. The zero-order valence-electron chi connectivity index (χ0n) is 18.8. The van der Waals surface area contributed by atoms with E-state index in [1.54, 1.807) is 35.2 Å². The molecule has 33 heavy (non-hydrogen) atoms. The van der Waals surface area contributed by atoms with E-state index < -0.39 is 25.9 Å². The predicted molar refractivity (Wildman–Crippen MR) is 128 cm³/mol. The lowest BCUT2D eigenvalue weighted by Crippen LogP contribution is -2.51. The summed E-state index contributed by atoms with van der Waals surface area (Å²) < 4.78 is 52.8. The van der Waals surface area contributed by atoms with E-state index in [1.165, 1.54) is 16.4 Å². The molecule has 1 aliphatic heterocycles. The van der Waals surface area contributed by atoms with Crippen LogP contribution in [0.5, 0.6) is 0 Å². The van der Waals surface area contributed by atoms with E-state index in [1.807, 2.05) is 19.1 Å². The van der Waals surface area contributed by atoms with E-state index in [-0.39, 0.29) is 34.9 Å². The van der Waals surface area contributed by atoms with Gasteiger partial charge in [0.1, 0.15) is 6.54 Å². The van der Waals surface area contributed by atoms with E-state index in [2.05, 4.69) is 0 Å². The Hall–Kier alpha value is -2.39. The number of sulfone groups is 1. The molecule has 2 aliphatic rings. The van der Waals surface area contributed by atoms with Crippen LogP contribution in [0.1, 0.15) is 37.7 Å². The van der Waals surface area contributed by atoms with Crippen LogP contribution in [0.3, 0.4) is 0 Å². The first kappa shape index (κ1) is 23.8. The van der Waals surface area contributed by atoms with Crippen molar-refractivity contribution in [2.24, 2.45) is 0 Å². The van der Waals surface area contributed by atoms with Gasteiger partial charge in [-0.25, -0.2) is 16.8 Å². The third-order valence-corrected chi connectivity index (χ3v) is 10.1. The van der Waals surface area contributed by atoms with Crippen molar-refractivity contribution in [3.8, 4) is 0 Å². The van der Waals surface area contributed by atoms with Crippen LogP contribution in [0, 0.1) is 6.92 Å². The van der Waals surface area contributed by atoms with E-state index in [4.69, 9.17) is 0 Å². The van der Waals surface area contributed by atoms with E-state index >= 15 is 0 Å². The molecule has 0 N–H and O–H groups in total. The van der Waals surface area contributed by atoms with Crippen molar-refractivity contribution >= 4 is 31.5 Å². The fourth-order valence-electron chi connectivity index (χ4n) is 4.95. The molecule has 7 nitrogen and oxygen atoms in total. The highest BCUT2D eigenvalue weighted by Gasteiger charge is 2.40. The van der Waals surface area contributed by atoms with Gasteiger partial charge in [-0.1, -0.05) is 49.2 Å². The molecule has 2 fully saturated rings. The zero-order valence-corrected chi connectivity index (χ0v) is 20.4. The fourth-order valence-corrected chi connectivity index (χ4v) is 8.16. The SMILES string of the molecule is Cc1ccccc1N(CC(=O)N(C1CCCC1)C1CCS(=O)(=O)C1)S(=O)(=O)c1ccccc1. The maximum absolute atomic E-state index is 13.7. The number of anilines is 1. The highest BCUT2D eigenvalue weighted by Crippen LogP contribution is 2.31. The Labute approximate surface area is 196 Å². The number of hydrogen-bond acceptors (Lipinski definition) is 5. The Morgan fingerprint density at radius 1 is 0.939 bits per heavy atom. The van der Waals surface area contributed by atoms with Crippen molar-refractivity contribution in [3.05, 3.63) is 60.2 Å². The topological polar surface area (TPSA) is 91.8 Å². The van der Waals surface area contributed by atoms with Gasteiger partial charge in [0.2, 0.25) is 5.91 Å². The number of sulfonamides is 1. The van der Waals surface area contributed by atoms with Crippen LogP contribution in [-0.4, -0.2) is 57.8 Å². The van der Waals surface area contributed by atoms with Crippen molar-refractivity contribution in [2.75, 3.05) is 22.4 Å². The molecular formula is C24H30N2O5S2. The summed E-state index contributed by atoms with van der Waals surface area (Å²) in [6, 6.07) is 14.7. The lowest BCUT2D eigenvalue weighted by atomic mass is 10.1. The second kappa shape index (κ2) is 9.46. The summed E-state index contributed by atoms with van der Waals surface area (Å²) in [6.45, 7) is 1.45. The van der Waals surface area contributed by atoms with Crippen LogP contribution >= 0.6 is 0 Å². The summed E-state index contributed by atoms with van der Waals surface area (Å²) in [5.41, 5.74) is 1.18. The molecule has 1 saturated heterocycles. The second-order valence-electron chi connectivity index (χ2n) is 8.91. The standard InChI is InChI=1S/C24H30N2O5S2/c1-19-9-5-8-14-23(19)25(33(30,31)22-12-3-2-4-13-22)17-24(27)26(20-10-6-7-11-20)21-15-16-32(28,29)18-21/h2-5,8-9,12-14,20-21H,6-7,10-11,15-18H2,1H3. The smallest absolute Gasteiger partial charge is 0.264 e. The molecule has 9 heteroatoms. The van der Waals surface area contributed by atoms with Crippen LogP contribution < -0.4 is 4.31 Å². The number of carbonyl (C=O) groups is 1. The van der Waals surface area contributed by atoms with Gasteiger partial charge >= 0.3 is 0 Å². The molecule has 0 bridgehead atoms. The number of amides is 1. The minimum atomic E-state index is -4.01. The Morgan fingerprint density at radius 3 is 2.18 bits per heavy atom. The fraction of sp³-hybridized carbons (Fsp3) is 0.458. The van der Waals surface area contributed by atoms with Crippen LogP contribution in [0.25, 0.3) is 0 Å². The largest absolute Gasteiger partial charge is 0.334 e. The monoisotopic (exact) mass is 490 g/mol. The first-order valence-electron chi connectivity index (χ1n) is 11.3. The number of rotatable bonds is 7. The minimum Gasteiger partial charge on any atom is -0.334 e. The quantitative estimate of drug-likeness (QED) is 0.595. The Balaban J connectivity index is 1.71. The zero-order chi connectivity index (χ0) is 23.6. The molecule has 0 aromatic heterocycles. The van der Waals surface area contributed by atoms with Gasteiger partial charge in [0.05, 0.1) is 22.1 Å². The molecule has 1 saturated carbocycles.